The molecule has 1 saturated heterocycles. The Morgan fingerprint density at radius 3 is 2.90 bits per heavy atom. The molecule has 6 nitrogen and oxygen atoms in total. The van der Waals surface area contributed by atoms with E-state index in [1.165, 1.54) is 4.90 Å². The molecule has 8 heteroatoms. The highest BCUT2D eigenvalue weighted by Gasteiger charge is 2.28. The first-order chi connectivity index (χ1) is 9.97. The van der Waals surface area contributed by atoms with E-state index in [4.69, 9.17) is 33.7 Å². The lowest BCUT2D eigenvalue weighted by Gasteiger charge is -2.30. The molecule has 1 aromatic heterocycles. The van der Waals surface area contributed by atoms with E-state index < -0.39 is 12.0 Å². The van der Waals surface area contributed by atoms with E-state index in [9.17, 15) is 9.59 Å². The fraction of sp³-hybridized carbons (Fsp3) is 0.462. The van der Waals surface area contributed by atoms with Gasteiger partial charge in [-0.2, -0.15) is 0 Å². The Bertz CT molecular complexity index is 553. The lowest BCUT2D eigenvalue weighted by Crippen LogP contribution is -2.45. The Morgan fingerprint density at radius 1 is 1.43 bits per heavy atom. The fourth-order valence-corrected chi connectivity index (χ4v) is 2.51. The number of amides is 2. The van der Waals surface area contributed by atoms with Gasteiger partial charge in [0.15, 0.2) is 0 Å². The fourth-order valence-electron chi connectivity index (χ4n) is 2.19. The summed E-state index contributed by atoms with van der Waals surface area (Å²) in [5.74, 6) is -0.761. The van der Waals surface area contributed by atoms with Crippen molar-refractivity contribution in [2.45, 2.75) is 19.4 Å². The monoisotopic (exact) mass is 331 g/mol. The molecule has 1 aliphatic rings. The molecule has 0 saturated carbocycles. The van der Waals surface area contributed by atoms with Crippen LogP contribution in [0.1, 0.15) is 18.5 Å². The van der Waals surface area contributed by atoms with E-state index in [-0.39, 0.29) is 24.2 Å². The first-order valence-electron chi connectivity index (χ1n) is 6.49. The molecular weight excluding hydrogens is 317 g/mol. The molecule has 2 amide bonds. The predicted octanol–water partition coefficient (Wildman–Crippen LogP) is 2.22. The number of esters is 1. The van der Waals surface area contributed by atoms with Crippen LogP contribution in [0, 0.1) is 5.92 Å². The standard InChI is InChI=1S/C13H15Cl2N3O3/c14-9-3-4-11(15)17-10(9)7-21-12(19)8-2-1-5-18(6-8)13(16)20/h3-4,8H,1-2,5-7H2,(H2,16,20). The van der Waals surface area contributed by atoms with Gasteiger partial charge in [-0.1, -0.05) is 23.2 Å². The van der Waals surface area contributed by atoms with Crippen LogP contribution in [0.2, 0.25) is 10.2 Å². The second-order valence-electron chi connectivity index (χ2n) is 4.79. The molecule has 0 aromatic carbocycles. The van der Waals surface area contributed by atoms with Crippen LogP contribution in [0.4, 0.5) is 4.79 Å². The van der Waals surface area contributed by atoms with Gasteiger partial charge in [0.25, 0.3) is 0 Å². The third-order valence-electron chi connectivity index (χ3n) is 3.30. The van der Waals surface area contributed by atoms with E-state index in [2.05, 4.69) is 4.98 Å². The van der Waals surface area contributed by atoms with E-state index >= 15 is 0 Å². The number of likely N-dealkylation sites (tertiary alicyclic amines) is 1. The van der Waals surface area contributed by atoms with Crippen LogP contribution < -0.4 is 5.73 Å². The number of urea groups is 1. The molecule has 0 bridgehead atoms. The smallest absolute Gasteiger partial charge is 0.314 e. The summed E-state index contributed by atoms with van der Waals surface area (Å²) in [7, 11) is 0. The first kappa shape index (κ1) is 15.9. The van der Waals surface area contributed by atoms with Gasteiger partial charge in [-0.15, -0.1) is 0 Å². The van der Waals surface area contributed by atoms with Gasteiger partial charge in [0.05, 0.1) is 16.6 Å². The second kappa shape index (κ2) is 6.95. The van der Waals surface area contributed by atoms with Crippen LogP contribution in [0.15, 0.2) is 12.1 Å². The summed E-state index contributed by atoms with van der Waals surface area (Å²) >= 11 is 11.7. The van der Waals surface area contributed by atoms with Crippen LogP contribution in [0.3, 0.4) is 0 Å². The highest BCUT2D eigenvalue weighted by atomic mass is 35.5. The molecule has 1 aliphatic heterocycles. The van der Waals surface area contributed by atoms with Crippen molar-refractivity contribution in [3.8, 4) is 0 Å². The molecule has 0 aliphatic carbocycles. The zero-order valence-electron chi connectivity index (χ0n) is 11.2. The molecule has 0 radical (unpaired) electrons. The summed E-state index contributed by atoms with van der Waals surface area (Å²) in [4.78, 5) is 28.6. The number of nitrogens with zero attached hydrogens (tertiary/aromatic N) is 2. The Balaban J connectivity index is 1.92. The third kappa shape index (κ3) is 4.22. The molecule has 1 unspecified atom stereocenters. The topological polar surface area (TPSA) is 85.5 Å². The Labute approximate surface area is 132 Å². The number of aromatic nitrogens is 1. The molecule has 21 heavy (non-hydrogen) atoms. The number of piperidine rings is 1. The largest absolute Gasteiger partial charge is 0.459 e. The number of ether oxygens (including phenoxy) is 1. The van der Waals surface area contributed by atoms with Crippen molar-refractivity contribution >= 4 is 35.2 Å². The summed E-state index contributed by atoms with van der Waals surface area (Å²) < 4.78 is 5.21. The Morgan fingerprint density at radius 2 is 2.19 bits per heavy atom. The maximum atomic E-state index is 12.0. The van der Waals surface area contributed by atoms with E-state index in [1.807, 2.05) is 0 Å². The lowest BCUT2D eigenvalue weighted by molar-refractivity contribution is -0.151. The van der Waals surface area contributed by atoms with Crippen molar-refractivity contribution in [2.75, 3.05) is 13.1 Å². The van der Waals surface area contributed by atoms with Gasteiger partial charge in [-0.3, -0.25) is 4.79 Å². The van der Waals surface area contributed by atoms with Gasteiger partial charge in [0.2, 0.25) is 0 Å². The number of pyridine rings is 1. The zero-order chi connectivity index (χ0) is 15.4. The second-order valence-corrected chi connectivity index (χ2v) is 5.59. The van der Waals surface area contributed by atoms with Crippen LogP contribution in [-0.4, -0.2) is 35.0 Å². The molecule has 2 rings (SSSR count). The highest BCUT2D eigenvalue weighted by Crippen LogP contribution is 2.21. The van der Waals surface area contributed by atoms with Gasteiger partial charge in [0.1, 0.15) is 11.8 Å². The van der Waals surface area contributed by atoms with E-state index in [0.717, 1.165) is 6.42 Å². The predicted molar refractivity (Wildman–Crippen MR) is 77.9 cm³/mol. The van der Waals surface area contributed by atoms with Gasteiger partial charge in [-0.05, 0) is 25.0 Å². The van der Waals surface area contributed by atoms with Gasteiger partial charge < -0.3 is 15.4 Å². The van der Waals surface area contributed by atoms with Crippen LogP contribution in [-0.2, 0) is 16.1 Å². The summed E-state index contributed by atoms with van der Waals surface area (Å²) in [6.07, 6.45) is 1.39. The number of rotatable bonds is 3. The minimum atomic E-state index is -0.521. The molecule has 1 aromatic rings. The van der Waals surface area contributed by atoms with Crippen molar-refractivity contribution in [3.63, 3.8) is 0 Å². The van der Waals surface area contributed by atoms with Crippen LogP contribution >= 0.6 is 23.2 Å². The van der Waals surface area contributed by atoms with Gasteiger partial charge >= 0.3 is 12.0 Å². The molecule has 0 spiro atoms. The number of primary amides is 1. The minimum absolute atomic E-state index is 0.0503. The quantitative estimate of drug-likeness (QED) is 0.679. The maximum Gasteiger partial charge on any atom is 0.314 e. The molecule has 114 valence electrons. The number of halogens is 2. The van der Waals surface area contributed by atoms with Crippen LogP contribution in [0.25, 0.3) is 0 Å². The number of hydrogen-bond acceptors (Lipinski definition) is 4. The van der Waals surface area contributed by atoms with Crippen molar-refractivity contribution in [1.82, 2.24) is 9.88 Å². The molecular formula is C13H15Cl2N3O3. The lowest BCUT2D eigenvalue weighted by atomic mass is 9.98. The highest BCUT2D eigenvalue weighted by molar-refractivity contribution is 6.32. The first-order valence-corrected chi connectivity index (χ1v) is 7.25. The molecule has 1 fully saturated rings. The molecule has 2 N–H and O–H groups in total. The summed E-state index contributed by atoms with van der Waals surface area (Å²) in [6.45, 7) is 0.803. The van der Waals surface area contributed by atoms with E-state index in [1.54, 1.807) is 12.1 Å². The van der Waals surface area contributed by atoms with Crippen LogP contribution in [0.5, 0.6) is 0 Å². The Kier molecular flexibility index (Phi) is 5.25. The van der Waals surface area contributed by atoms with Crippen molar-refractivity contribution < 1.29 is 14.3 Å². The Hall–Kier alpha value is -1.53. The van der Waals surface area contributed by atoms with E-state index in [0.29, 0.717) is 23.7 Å². The summed E-state index contributed by atoms with van der Waals surface area (Å²) in [5, 5.41) is 0.664. The van der Waals surface area contributed by atoms with Gasteiger partial charge in [-0.25, -0.2) is 9.78 Å². The number of nitrogens with two attached hydrogens (primary N) is 1. The SMILES string of the molecule is NC(=O)N1CCCC(C(=O)OCc2nc(Cl)ccc2Cl)C1. The minimum Gasteiger partial charge on any atom is -0.459 e. The maximum absolute atomic E-state index is 12.0. The zero-order valence-corrected chi connectivity index (χ0v) is 12.7. The number of hydrogen-bond donors (Lipinski definition) is 1. The molecule has 2 heterocycles. The van der Waals surface area contributed by atoms with Gasteiger partial charge in [0, 0.05) is 13.1 Å². The average Bonchev–Trinajstić information content (AvgIpc) is 2.48. The van der Waals surface area contributed by atoms with Crippen molar-refractivity contribution in [3.05, 3.63) is 28.0 Å². The normalized spacial score (nSPS) is 18.4. The summed E-state index contributed by atoms with van der Waals surface area (Å²) in [6, 6.07) is 2.63. The average molecular weight is 332 g/mol. The summed E-state index contributed by atoms with van der Waals surface area (Å²) in [5.41, 5.74) is 5.63. The third-order valence-corrected chi connectivity index (χ3v) is 3.86. The van der Waals surface area contributed by atoms with Crippen molar-refractivity contribution in [1.29, 1.82) is 0 Å². The van der Waals surface area contributed by atoms with Crippen molar-refractivity contribution in [2.24, 2.45) is 11.7 Å². The molecule has 1 atom stereocenters. The number of carbonyl (C=O) groups excluding carboxylic acids is 2. The number of carbonyl (C=O) groups is 2.